The third-order valence-electron chi connectivity index (χ3n) is 4.13. The van der Waals surface area contributed by atoms with Gasteiger partial charge in [-0.2, -0.15) is 4.98 Å². The number of pyridine rings is 2. The Kier molecular flexibility index (Phi) is 4.29. The van der Waals surface area contributed by atoms with Crippen LogP contribution in [0.1, 0.15) is 23.0 Å². The Morgan fingerprint density at radius 2 is 2.31 bits per heavy atom. The number of aromatic amines is 1. The van der Waals surface area contributed by atoms with E-state index in [4.69, 9.17) is 4.52 Å². The predicted molar refractivity (Wildman–Crippen MR) is 93.1 cm³/mol. The van der Waals surface area contributed by atoms with Gasteiger partial charge in [-0.05, 0) is 24.1 Å². The van der Waals surface area contributed by atoms with Crippen molar-refractivity contribution in [3.05, 3.63) is 58.0 Å². The van der Waals surface area contributed by atoms with Crippen molar-refractivity contribution in [3.63, 3.8) is 0 Å². The van der Waals surface area contributed by atoms with Crippen LogP contribution in [-0.4, -0.2) is 36.9 Å². The number of thioether (sulfide) groups is 1. The van der Waals surface area contributed by atoms with E-state index in [1.807, 2.05) is 6.07 Å². The highest BCUT2D eigenvalue weighted by molar-refractivity contribution is 7.99. The van der Waals surface area contributed by atoms with E-state index in [2.05, 4.69) is 20.1 Å². The minimum atomic E-state index is -0.927. The molecule has 9 heteroatoms. The lowest BCUT2D eigenvalue weighted by Gasteiger charge is -2.07. The van der Waals surface area contributed by atoms with Crippen molar-refractivity contribution in [2.45, 2.75) is 23.7 Å². The number of rotatable bonds is 5. The fraction of sp³-hybridized carbons (Fsp3) is 0.235. The molecule has 132 valence electrons. The smallest absolute Gasteiger partial charge is 0.313 e. The lowest BCUT2D eigenvalue weighted by atomic mass is 10.0. The molecule has 3 aromatic rings. The topological polar surface area (TPSA) is 122 Å². The van der Waals surface area contributed by atoms with Gasteiger partial charge in [0.15, 0.2) is 5.82 Å². The van der Waals surface area contributed by atoms with E-state index < -0.39 is 11.9 Å². The number of aryl methyl sites for hydroxylation is 2. The average molecular weight is 370 g/mol. The standard InChI is InChI=1S/C17H14N4O4S/c22-13-6-9(15-14(20-13)11(8-26-15)17(23)24)3-4-12-19-16(25-21-12)10-2-1-5-18-7-10/h1-2,5-7,11H,3-4,8H2,(H,20,22)(H,23,24). The number of carboxylic acids is 1. The van der Waals surface area contributed by atoms with Crippen LogP contribution in [0.5, 0.6) is 0 Å². The van der Waals surface area contributed by atoms with Gasteiger partial charge in [0.2, 0.25) is 5.56 Å². The SMILES string of the molecule is O=C(O)C1CSc2c(CCc3noc(-c4cccnc4)n3)cc(=O)[nH]c21. The number of H-pyrrole nitrogens is 1. The summed E-state index contributed by atoms with van der Waals surface area (Å²) in [5.41, 5.74) is 1.75. The number of carboxylic acid groups (broad SMARTS) is 1. The third-order valence-corrected chi connectivity index (χ3v) is 5.41. The molecule has 4 heterocycles. The van der Waals surface area contributed by atoms with Crippen molar-refractivity contribution in [1.82, 2.24) is 20.1 Å². The summed E-state index contributed by atoms with van der Waals surface area (Å²) < 4.78 is 5.25. The molecule has 3 aromatic heterocycles. The van der Waals surface area contributed by atoms with Crippen LogP contribution in [0, 0.1) is 0 Å². The first-order valence-electron chi connectivity index (χ1n) is 7.96. The molecule has 4 rings (SSSR count). The highest BCUT2D eigenvalue weighted by Crippen LogP contribution is 2.40. The summed E-state index contributed by atoms with van der Waals surface area (Å²) in [7, 11) is 0. The second-order valence-corrected chi connectivity index (χ2v) is 6.89. The molecule has 0 amide bonds. The summed E-state index contributed by atoms with van der Waals surface area (Å²) >= 11 is 1.45. The molecule has 2 N–H and O–H groups in total. The highest BCUT2D eigenvalue weighted by Gasteiger charge is 2.32. The molecule has 0 fully saturated rings. The Morgan fingerprint density at radius 3 is 3.08 bits per heavy atom. The van der Waals surface area contributed by atoms with Gasteiger partial charge in [-0.15, -0.1) is 11.8 Å². The lowest BCUT2D eigenvalue weighted by molar-refractivity contribution is -0.138. The maximum atomic E-state index is 11.9. The summed E-state index contributed by atoms with van der Waals surface area (Å²) in [5.74, 6) is -0.265. The van der Waals surface area contributed by atoms with E-state index in [0.29, 0.717) is 36.0 Å². The number of nitrogens with zero attached hydrogens (tertiary/aromatic N) is 3. The number of aliphatic carboxylic acids is 1. The minimum Gasteiger partial charge on any atom is -0.481 e. The lowest BCUT2D eigenvalue weighted by Crippen LogP contribution is -2.17. The van der Waals surface area contributed by atoms with Gasteiger partial charge in [0.1, 0.15) is 5.92 Å². The molecule has 1 aliphatic rings. The third kappa shape index (κ3) is 3.13. The predicted octanol–water partition coefficient (Wildman–Crippen LogP) is 1.88. The number of carbonyl (C=O) groups is 1. The zero-order chi connectivity index (χ0) is 18.1. The fourth-order valence-corrected chi connectivity index (χ4v) is 4.21. The van der Waals surface area contributed by atoms with Crippen LogP contribution in [0.2, 0.25) is 0 Å². The molecule has 8 nitrogen and oxygen atoms in total. The van der Waals surface area contributed by atoms with E-state index in [9.17, 15) is 14.7 Å². The average Bonchev–Trinajstić information content (AvgIpc) is 3.27. The van der Waals surface area contributed by atoms with Crippen molar-refractivity contribution in [3.8, 4) is 11.5 Å². The Morgan fingerprint density at radius 1 is 1.42 bits per heavy atom. The Labute approximate surface area is 151 Å². The molecule has 0 radical (unpaired) electrons. The molecule has 1 unspecified atom stereocenters. The van der Waals surface area contributed by atoms with Crippen LogP contribution < -0.4 is 5.56 Å². The van der Waals surface area contributed by atoms with Crippen LogP contribution in [0.3, 0.4) is 0 Å². The van der Waals surface area contributed by atoms with E-state index in [-0.39, 0.29) is 5.56 Å². The second-order valence-electron chi connectivity index (χ2n) is 5.86. The zero-order valence-corrected chi connectivity index (χ0v) is 14.3. The van der Waals surface area contributed by atoms with Crippen LogP contribution in [0.4, 0.5) is 0 Å². The van der Waals surface area contributed by atoms with Crippen LogP contribution >= 0.6 is 11.8 Å². The first-order valence-corrected chi connectivity index (χ1v) is 8.95. The number of hydrogen-bond acceptors (Lipinski definition) is 7. The van der Waals surface area contributed by atoms with Gasteiger partial charge >= 0.3 is 5.97 Å². The Balaban J connectivity index is 1.55. The van der Waals surface area contributed by atoms with Gasteiger partial charge in [-0.1, -0.05) is 5.16 Å². The number of fused-ring (bicyclic) bond motifs is 1. The first kappa shape index (κ1) is 16.5. The molecule has 0 aromatic carbocycles. The van der Waals surface area contributed by atoms with Gasteiger partial charge in [0, 0.05) is 41.2 Å². The molecule has 26 heavy (non-hydrogen) atoms. The summed E-state index contributed by atoms with van der Waals surface area (Å²) in [6, 6.07) is 5.13. The molecular weight excluding hydrogens is 356 g/mol. The largest absolute Gasteiger partial charge is 0.481 e. The van der Waals surface area contributed by atoms with E-state index in [1.54, 1.807) is 18.5 Å². The summed E-state index contributed by atoms with van der Waals surface area (Å²) in [6.07, 6.45) is 4.31. The molecule has 1 atom stereocenters. The van der Waals surface area contributed by atoms with E-state index in [1.165, 1.54) is 17.8 Å². The zero-order valence-electron chi connectivity index (χ0n) is 13.5. The van der Waals surface area contributed by atoms with E-state index in [0.717, 1.165) is 16.0 Å². The van der Waals surface area contributed by atoms with Crippen LogP contribution in [-0.2, 0) is 17.6 Å². The molecule has 0 saturated carbocycles. The molecule has 0 aliphatic carbocycles. The first-order chi connectivity index (χ1) is 12.6. The molecule has 0 saturated heterocycles. The second kappa shape index (κ2) is 6.75. The normalized spacial score (nSPS) is 15.8. The van der Waals surface area contributed by atoms with Gasteiger partial charge in [-0.3, -0.25) is 14.6 Å². The fourth-order valence-electron chi connectivity index (χ4n) is 2.88. The summed E-state index contributed by atoms with van der Waals surface area (Å²) in [5, 5.41) is 13.3. The van der Waals surface area contributed by atoms with Gasteiger partial charge in [-0.25, -0.2) is 0 Å². The summed E-state index contributed by atoms with van der Waals surface area (Å²) in [4.78, 5) is 35.1. The van der Waals surface area contributed by atoms with Crippen LogP contribution in [0.25, 0.3) is 11.5 Å². The molecular formula is C17H14N4O4S. The summed E-state index contributed by atoms with van der Waals surface area (Å²) in [6.45, 7) is 0. The van der Waals surface area contributed by atoms with Gasteiger partial charge in [0.25, 0.3) is 5.89 Å². The van der Waals surface area contributed by atoms with Crippen molar-refractivity contribution in [2.24, 2.45) is 0 Å². The van der Waals surface area contributed by atoms with Crippen molar-refractivity contribution >= 4 is 17.7 Å². The number of aromatic nitrogens is 4. The van der Waals surface area contributed by atoms with Gasteiger partial charge in [0.05, 0.1) is 5.56 Å². The molecule has 0 bridgehead atoms. The molecule has 0 spiro atoms. The van der Waals surface area contributed by atoms with Crippen molar-refractivity contribution in [1.29, 1.82) is 0 Å². The minimum absolute atomic E-state index is 0.295. The van der Waals surface area contributed by atoms with Crippen molar-refractivity contribution in [2.75, 3.05) is 5.75 Å². The quantitative estimate of drug-likeness (QED) is 0.698. The number of hydrogen-bond donors (Lipinski definition) is 2. The highest BCUT2D eigenvalue weighted by atomic mass is 32.2. The monoisotopic (exact) mass is 370 g/mol. The maximum Gasteiger partial charge on any atom is 0.313 e. The Bertz CT molecular complexity index is 1020. The van der Waals surface area contributed by atoms with Crippen molar-refractivity contribution < 1.29 is 14.4 Å². The van der Waals surface area contributed by atoms with Crippen LogP contribution in [0.15, 0.2) is 44.8 Å². The number of nitrogens with one attached hydrogen (secondary N) is 1. The molecule has 1 aliphatic heterocycles. The van der Waals surface area contributed by atoms with Gasteiger partial charge < -0.3 is 14.6 Å². The Hall–Kier alpha value is -2.94. The van der Waals surface area contributed by atoms with E-state index >= 15 is 0 Å². The maximum absolute atomic E-state index is 11.9.